The molecule has 257 valence electrons. The second-order valence-electron chi connectivity index (χ2n) is 13.3. The largest absolute Gasteiger partial charge is 0.304 e. The third-order valence-corrected chi connectivity index (χ3v) is 12.4. The molecule has 2 aliphatic heterocycles. The van der Waals surface area contributed by atoms with Crippen LogP contribution < -0.4 is 16.4 Å². The zero-order chi connectivity index (χ0) is 35.2. The van der Waals surface area contributed by atoms with Crippen molar-refractivity contribution in [2.45, 2.75) is 40.4 Å². The molecule has 6 heteroatoms. The van der Waals surface area contributed by atoms with Crippen LogP contribution in [0.2, 0.25) is 0 Å². The van der Waals surface area contributed by atoms with Gasteiger partial charge in [-0.25, -0.2) is 0 Å². The number of benzene rings is 6. The Labute approximate surface area is 334 Å². The first kappa shape index (κ1) is 35.3. The number of hydrogen-bond acceptors (Lipinski definition) is 4. The molecule has 0 saturated heterocycles. The summed E-state index contributed by atoms with van der Waals surface area (Å²) in [6, 6.07) is 56.2. The van der Waals surface area contributed by atoms with Crippen molar-refractivity contribution in [2.75, 3.05) is 0 Å². The van der Waals surface area contributed by atoms with E-state index in [1.807, 2.05) is 41.9 Å². The van der Waals surface area contributed by atoms with Crippen molar-refractivity contribution in [3.05, 3.63) is 175 Å². The quantitative estimate of drug-likeness (QED) is 0.130. The third-order valence-electron chi connectivity index (χ3n) is 10.0. The monoisotopic (exact) mass is 893 g/mol. The molecule has 0 N–H and O–H groups in total. The summed E-state index contributed by atoms with van der Waals surface area (Å²) in [6.07, 6.45) is 1.93. The first-order chi connectivity index (χ1) is 25.5. The van der Waals surface area contributed by atoms with E-state index in [1.165, 1.54) is 63.8 Å². The number of hydrogen-bond donors (Lipinski definition) is 0. The Bertz CT molecular complexity index is 2640. The Balaban J connectivity index is 0.000000160. The minimum absolute atomic E-state index is 0. The van der Waals surface area contributed by atoms with Crippen LogP contribution in [0.15, 0.2) is 165 Å². The zero-order valence-electron chi connectivity index (χ0n) is 29.5. The molecule has 0 amide bonds. The van der Waals surface area contributed by atoms with Crippen LogP contribution in [-0.4, -0.2) is 16.7 Å². The van der Waals surface area contributed by atoms with Crippen LogP contribution in [-0.2, 0) is 20.1 Å². The van der Waals surface area contributed by atoms with Gasteiger partial charge in [-0.15, -0.1) is 70.3 Å². The molecule has 0 saturated carbocycles. The minimum Gasteiger partial charge on any atom is -0.304 e. The third kappa shape index (κ3) is 6.71. The van der Waals surface area contributed by atoms with Crippen molar-refractivity contribution in [1.82, 2.24) is 9.97 Å². The summed E-state index contributed by atoms with van der Waals surface area (Å²) < 4.78 is 0. The topological polar surface area (TPSA) is 25.8 Å². The molecule has 0 atom stereocenters. The number of nitrogens with zero attached hydrogens (tertiary/aromatic N) is 2. The van der Waals surface area contributed by atoms with E-state index in [1.54, 1.807) is 0 Å². The fourth-order valence-electron chi connectivity index (χ4n) is 7.15. The molecule has 2 aliphatic rings. The van der Waals surface area contributed by atoms with Crippen molar-refractivity contribution < 1.29 is 20.1 Å². The van der Waals surface area contributed by atoms with Gasteiger partial charge in [0.2, 0.25) is 6.71 Å². The van der Waals surface area contributed by atoms with E-state index >= 15 is 0 Å². The van der Waals surface area contributed by atoms with Gasteiger partial charge >= 0.3 is 0 Å². The second kappa shape index (κ2) is 15.0. The van der Waals surface area contributed by atoms with Crippen LogP contribution in [0, 0.1) is 32.9 Å². The molecule has 1 radical (unpaired) electrons. The molecule has 0 spiro atoms. The minimum atomic E-state index is 0. The summed E-state index contributed by atoms with van der Waals surface area (Å²) in [5.41, 5.74) is 15.5. The summed E-state index contributed by atoms with van der Waals surface area (Å²) in [7, 11) is 0. The molecule has 4 heterocycles. The molecule has 8 aromatic rings. The summed E-state index contributed by atoms with van der Waals surface area (Å²) >= 11 is 3.76. The van der Waals surface area contributed by atoms with Crippen LogP contribution >= 0.6 is 23.5 Å². The maximum atomic E-state index is 4.99. The van der Waals surface area contributed by atoms with Gasteiger partial charge in [-0.1, -0.05) is 131 Å². The van der Waals surface area contributed by atoms with Gasteiger partial charge in [0.1, 0.15) is 0 Å². The molecule has 6 aromatic carbocycles. The van der Waals surface area contributed by atoms with Gasteiger partial charge in [0.05, 0.1) is 5.52 Å². The van der Waals surface area contributed by atoms with Crippen molar-refractivity contribution in [3.63, 3.8) is 0 Å². The van der Waals surface area contributed by atoms with E-state index in [0.29, 0.717) is 0 Å². The van der Waals surface area contributed by atoms with Gasteiger partial charge in [-0.05, 0) is 76.4 Å². The molecule has 53 heavy (non-hydrogen) atoms. The van der Waals surface area contributed by atoms with E-state index < -0.39 is 0 Å². The molecule has 2 nitrogen and oxygen atoms in total. The van der Waals surface area contributed by atoms with Crippen molar-refractivity contribution in [3.8, 4) is 33.6 Å². The van der Waals surface area contributed by atoms with E-state index in [2.05, 4.69) is 165 Å². The standard InChI is InChI=1S/C27H15BNS2.C20H18N.Ir/c1-3-11-21-17(7-1)15-16-22(29-21)18-8-5-10-20-27(18)31-25-14-6-13-24-26(25)28(20)19-9-2-4-12-23(19)30-24;1-14-9-10-18(20-11-15(2)16(3)13-21-20)12-19(14)17-7-5-4-6-8-17;/h1-7,9-16H;4-9,11-13H,1-3H3;/q2*-1;. The van der Waals surface area contributed by atoms with Crippen molar-refractivity contribution in [2.24, 2.45) is 0 Å². The molecular formula is C47H33BIrN2S2-2. The Morgan fingerprint density at radius 3 is 2.21 bits per heavy atom. The summed E-state index contributed by atoms with van der Waals surface area (Å²) in [5.74, 6) is 0. The van der Waals surface area contributed by atoms with Crippen molar-refractivity contribution in [1.29, 1.82) is 0 Å². The first-order valence-electron chi connectivity index (χ1n) is 17.5. The van der Waals surface area contributed by atoms with Crippen LogP contribution in [0.4, 0.5) is 0 Å². The number of fused-ring (bicyclic) bond motifs is 5. The van der Waals surface area contributed by atoms with Gasteiger partial charge in [-0.3, -0.25) is 4.98 Å². The van der Waals surface area contributed by atoms with Crippen LogP contribution in [0.5, 0.6) is 0 Å². The van der Waals surface area contributed by atoms with Crippen LogP contribution in [0.25, 0.3) is 44.5 Å². The maximum absolute atomic E-state index is 4.99. The molecule has 0 fully saturated rings. The Morgan fingerprint density at radius 1 is 0.604 bits per heavy atom. The average molecular weight is 893 g/mol. The van der Waals surface area contributed by atoms with Crippen molar-refractivity contribution >= 4 is 57.5 Å². The Hall–Kier alpha value is -4.71. The van der Waals surface area contributed by atoms with E-state index in [4.69, 9.17) is 4.98 Å². The first-order valence-corrected chi connectivity index (χ1v) is 19.1. The number of rotatable bonds is 3. The van der Waals surface area contributed by atoms with Gasteiger partial charge in [0, 0.05) is 36.1 Å². The number of aryl methyl sites for hydroxylation is 3. The maximum Gasteiger partial charge on any atom is 0.228 e. The molecular weight excluding hydrogens is 860 g/mol. The zero-order valence-corrected chi connectivity index (χ0v) is 33.5. The van der Waals surface area contributed by atoms with Crippen LogP contribution in [0.3, 0.4) is 0 Å². The molecule has 0 bridgehead atoms. The van der Waals surface area contributed by atoms with Gasteiger partial charge in [0.25, 0.3) is 0 Å². The Kier molecular flexibility index (Phi) is 9.98. The number of pyridine rings is 2. The summed E-state index contributed by atoms with van der Waals surface area (Å²) in [5, 5.41) is 1.16. The molecule has 0 unspecified atom stereocenters. The summed E-state index contributed by atoms with van der Waals surface area (Å²) in [4.78, 5) is 14.9. The predicted molar refractivity (Wildman–Crippen MR) is 220 cm³/mol. The van der Waals surface area contributed by atoms with E-state index in [-0.39, 0.29) is 26.8 Å². The van der Waals surface area contributed by atoms with E-state index in [0.717, 1.165) is 33.4 Å². The van der Waals surface area contributed by atoms with Gasteiger partial charge in [-0.2, -0.15) is 0 Å². The average Bonchev–Trinajstić information content (AvgIpc) is 3.19. The van der Waals surface area contributed by atoms with Gasteiger partial charge < -0.3 is 4.98 Å². The normalized spacial score (nSPS) is 12.1. The Morgan fingerprint density at radius 2 is 1.36 bits per heavy atom. The SMILES string of the molecule is Cc1cnc(-c2[c-]cc(C)c(-c3ccccc3)c2)cc1C.[Ir].[c-]1ccc2c(c1-c1ccc3ccccc3n1)Sc1cccc3c1B2c1ccccc1S3. The fraction of sp³-hybridized carbons (Fsp3) is 0.0638. The number of aromatic nitrogens is 2. The fourth-order valence-corrected chi connectivity index (χ4v) is 9.66. The predicted octanol–water partition coefficient (Wildman–Crippen LogP) is 10.3. The summed E-state index contributed by atoms with van der Waals surface area (Å²) in [6.45, 7) is 6.58. The number of para-hydroxylation sites is 1. The molecule has 10 rings (SSSR count). The molecule has 2 aromatic heterocycles. The van der Waals surface area contributed by atoms with Gasteiger partial charge in [0.15, 0.2) is 0 Å². The van der Waals surface area contributed by atoms with Crippen LogP contribution in [0.1, 0.15) is 16.7 Å². The molecule has 0 aliphatic carbocycles. The second-order valence-corrected chi connectivity index (χ2v) is 15.5. The van der Waals surface area contributed by atoms with E-state index in [9.17, 15) is 0 Å². The smallest absolute Gasteiger partial charge is 0.228 e.